The van der Waals surface area contributed by atoms with Crippen molar-refractivity contribution in [2.75, 3.05) is 49.3 Å². The number of aliphatic hydroxyl groups excluding tert-OH is 1. The van der Waals surface area contributed by atoms with E-state index < -0.39 is 0 Å². The van der Waals surface area contributed by atoms with Crippen molar-refractivity contribution in [3.8, 4) is 0 Å². The number of rotatable bonds is 7. The number of aliphatic hydroxyl groups is 1. The molecule has 1 aromatic rings. The van der Waals surface area contributed by atoms with Crippen molar-refractivity contribution in [2.45, 2.75) is 53.4 Å². The van der Waals surface area contributed by atoms with Gasteiger partial charge in [0.2, 0.25) is 0 Å². The van der Waals surface area contributed by atoms with Gasteiger partial charge in [-0.15, -0.1) is 0 Å². The minimum Gasteiger partial charge on any atom is -0.397 e. The third-order valence-electron chi connectivity index (χ3n) is 4.09. The summed E-state index contributed by atoms with van der Waals surface area (Å²) >= 11 is 0. The van der Waals surface area contributed by atoms with E-state index in [1.54, 1.807) is 6.92 Å². The van der Waals surface area contributed by atoms with E-state index in [2.05, 4.69) is 46.4 Å². The van der Waals surface area contributed by atoms with Gasteiger partial charge in [0.15, 0.2) is 5.82 Å². The Morgan fingerprint density at radius 3 is 2.59 bits per heavy atom. The van der Waals surface area contributed by atoms with E-state index in [-0.39, 0.29) is 6.61 Å². The molecule has 0 radical (unpaired) electrons. The van der Waals surface area contributed by atoms with Gasteiger partial charge >= 0.3 is 0 Å². The number of unbranched alkanes of at least 4 members (excludes halogenated alkanes) is 1. The standard InChI is InChI=1S/C18H30N6.C2H6O/c1-6-8-10-20-14(9-7-2)23-15-13(3)22-18(19-4)16-17(15)24(5)12-11-21-16;1-2-3/h11H,6-10,12H2,1-5H3,(H,19,22)(H,20,23);3H,2H2,1H3. The normalized spacial score (nSPS) is 13.0. The van der Waals surface area contributed by atoms with E-state index in [1.165, 1.54) is 0 Å². The number of nitrogens with one attached hydrogen (secondary N) is 2. The molecule has 0 spiro atoms. The largest absolute Gasteiger partial charge is 0.397 e. The maximum Gasteiger partial charge on any atom is 0.154 e. The highest BCUT2D eigenvalue weighted by Crippen LogP contribution is 2.43. The predicted molar refractivity (Wildman–Crippen MR) is 118 cm³/mol. The molecule has 27 heavy (non-hydrogen) atoms. The van der Waals surface area contributed by atoms with Crippen molar-refractivity contribution in [3.05, 3.63) is 5.69 Å². The maximum atomic E-state index is 7.57. The van der Waals surface area contributed by atoms with Gasteiger partial charge in [-0.2, -0.15) is 0 Å². The molecule has 7 nitrogen and oxygen atoms in total. The van der Waals surface area contributed by atoms with Crippen LogP contribution in [-0.2, 0) is 0 Å². The zero-order valence-electron chi connectivity index (χ0n) is 17.8. The Hall–Kier alpha value is -2.15. The highest BCUT2D eigenvalue weighted by atomic mass is 16.2. The highest BCUT2D eigenvalue weighted by molar-refractivity contribution is 6.03. The second kappa shape index (κ2) is 12.3. The Bertz CT molecular complexity index is 642. The zero-order valence-corrected chi connectivity index (χ0v) is 17.8. The van der Waals surface area contributed by atoms with Crippen LogP contribution in [0.15, 0.2) is 9.98 Å². The first-order chi connectivity index (χ1) is 13.0. The minimum absolute atomic E-state index is 0.250. The molecule has 0 aromatic carbocycles. The van der Waals surface area contributed by atoms with E-state index in [9.17, 15) is 0 Å². The van der Waals surface area contributed by atoms with E-state index in [4.69, 9.17) is 10.1 Å². The monoisotopic (exact) mass is 376 g/mol. The topological polar surface area (TPSA) is 85.1 Å². The van der Waals surface area contributed by atoms with Gasteiger partial charge in [-0.3, -0.25) is 9.98 Å². The molecule has 1 aromatic heterocycles. The molecular weight excluding hydrogens is 340 g/mol. The second-order valence-corrected chi connectivity index (χ2v) is 6.43. The molecule has 0 saturated carbocycles. The number of aryl methyl sites for hydroxylation is 1. The number of fused-ring (bicyclic) bond motifs is 1. The fourth-order valence-corrected chi connectivity index (χ4v) is 2.78. The maximum absolute atomic E-state index is 7.57. The average Bonchev–Trinajstić information content (AvgIpc) is 2.64. The highest BCUT2D eigenvalue weighted by Gasteiger charge is 2.22. The number of hydrogen-bond acceptors (Lipinski definition) is 6. The van der Waals surface area contributed by atoms with Crippen LogP contribution in [0.3, 0.4) is 0 Å². The molecule has 0 unspecified atom stereocenters. The van der Waals surface area contributed by atoms with Crippen LogP contribution in [0.25, 0.3) is 0 Å². The number of nitrogens with zero attached hydrogens (tertiary/aromatic N) is 4. The van der Waals surface area contributed by atoms with E-state index in [0.717, 1.165) is 73.2 Å². The van der Waals surface area contributed by atoms with Crippen LogP contribution in [0.2, 0.25) is 0 Å². The first kappa shape index (κ1) is 22.9. The molecule has 1 aliphatic rings. The summed E-state index contributed by atoms with van der Waals surface area (Å²) in [6.45, 7) is 10.0. The summed E-state index contributed by atoms with van der Waals surface area (Å²) in [4.78, 5) is 16.2. The number of anilines is 3. The number of pyridine rings is 1. The molecule has 0 bridgehead atoms. The summed E-state index contributed by atoms with van der Waals surface area (Å²) in [7, 11) is 3.97. The lowest BCUT2D eigenvalue weighted by molar-refractivity contribution is 0.318. The summed E-state index contributed by atoms with van der Waals surface area (Å²) in [5.74, 6) is 1.86. The molecule has 0 atom stereocenters. The predicted octanol–water partition coefficient (Wildman–Crippen LogP) is 3.99. The van der Waals surface area contributed by atoms with Gasteiger partial charge in [0.05, 0.1) is 23.6 Å². The molecule has 7 heteroatoms. The van der Waals surface area contributed by atoms with Crippen LogP contribution in [0.5, 0.6) is 0 Å². The van der Waals surface area contributed by atoms with E-state index in [1.807, 2.05) is 20.2 Å². The Labute approximate surface area is 164 Å². The third kappa shape index (κ3) is 6.50. The lowest BCUT2D eigenvalue weighted by Gasteiger charge is -2.28. The molecule has 0 aliphatic carbocycles. The van der Waals surface area contributed by atoms with Crippen LogP contribution >= 0.6 is 0 Å². The van der Waals surface area contributed by atoms with Crippen LogP contribution in [0, 0.1) is 6.92 Å². The molecular formula is C20H36N6O. The van der Waals surface area contributed by atoms with Crippen LogP contribution < -0.4 is 15.5 Å². The van der Waals surface area contributed by atoms with Crippen molar-refractivity contribution in [2.24, 2.45) is 9.98 Å². The molecule has 2 heterocycles. The fraction of sp³-hybridized carbons (Fsp3) is 0.650. The molecule has 0 fully saturated rings. The summed E-state index contributed by atoms with van der Waals surface area (Å²) in [6, 6.07) is 0. The quantitative estimate of drug-likeness (QED) is 0.380. The molecule has 3 N–H and O–H groups in total. The number of aliphatic imine (C=N–C) groups is 2. The van der Waals surface area contributed by atoms with Crippen molar-refractivity contribution in [1.29, 1.82) is 0 Å². The molecule has 0 amide bonds. The number of amidine groups is 1. The molecule has 2 rings (SSSR count). The first-order valence-corrected chi connectivity index (χ1v) is 9.91. The smallest absolute Gasteiger partial charge is 0.154 e. The van der Waals surface area contributed by atoms with Gasteiger partial charge in [-0.1, -0.05) is 20.3 Å². The fourth-order valence-electron chi connectivity index (χ4n) is 2.78. The van der Waals surface area contributed by atoms with Crippen molar-refractivity contribution >= 4 is 34.9 Å². The second-order valence-electron chi connectivity index (χ2n) is 6.43. The number of aromatic nitrogens is 1. The zero-order chi connectivity index (χ0) is 20.2. The van der Waals surface area contributed by atoms with E-state index in [0.29, 0.717) is 0 Å². The van der Waals surface area contributed by atoms with Gasteiger partial charge in [0.1, 0.15) is 11.5 Å². The molecule has 152 valence electrons. The van der Waals surface area contributed by atoms with Crippen LogP contribution in [0.1, 0.15) is 52.1 Å². The average molecular weight is 377 g/mol. The number of hydrogen-bond donors (Lipinski definition) is 3. The Morgan fingerprint density at radius 2 is 2.00 bits per heavy atom. The van der Waals surface area contributed by atoms with Gasteiger partial charge in [-0.25, -0.2) is 4.98 Å². The molecule has 0 saturated heterocycles. The first-order valence-electron chi connectivity index (χ1n) is 9.91. The summed E-state index contributed by atoms with van der Waals surface area (Å²) < 4.78 is 0. The van der Waals surface area contributed by atoms with Crippen LogP contribution in [0.4, 0.5) is 22.9 Å². The van der Waals surface area contributed by atoms with Crippen molar-refractivity contribution in [1.82, 2.24) is 4.98 Å². The van der Waals surface area contributed by atoms with Crippen LogP contribution in [-0.4, -0.2) is 55.9 Å². The summed E-state index contributed by atoms with van der Waals surface area (Å²) in [5.41, 5.74) is 3.96. The Balaban J connectivity index is 0.00000114. The Kier molecular flexibility index (Phi) is 10.4. The summed E-state index contributed by atoms with van der Waals surface area (Å²) in [6.07, 6.45) is 6.21. The third-order valence-corrected chi connectivity index (χ3v) is 4.09. The van der Waals surface area contributed by atoms with Crippen molar-refractivity contribution < 1.29 is 5.11 Å². The molecule has 1 aliphatic heterocycles. The lowest BCUT2D eigenvalue weighted by Crippen LogP contribution is -2.26. The minimum atomic E-state index is 0.250. The van der Waals surface area contributed by atoms with Gasteiger partial charge in [0, 0.05) is 39.9 Å². The summed E-state index contributed by atoms with van der Waals surface area (Å²) in [5, 5.41) is 14.3. The van der Waals surface area contributed by atoms with Gasteiger partial charge < -0.3 is 20.6 Å². The van der Waals surface area contributed by atoms with E-state index >= 15 is 0 Å². The Morgan fingerprint density at radius 1 is 1.30 bits per heavy atom. The van der Waals surface area contributed by atoms with Crippen molar-refractivity contribution in [3.63, 3.8) is 0 Å². The van der Waals surface area contributed by atoms with Gasteiger partial charge in [0.25, 0.3) is 0 Å². The SMILES string of the molecule is CCCCN=C(CCC)Nc1c(C)nc(NC)c2c1N(C)CC=N2.CCO. The van der Waals surface area contributed by atoms with Gasteiger partial charge in [-0.05, 0) is 26.7 Å². The lowest BCUT2D eigenvalue weighted by atomic mass is 10.1.